The van der Waals surface area contributed by atoms with E-state index in [-0.39, 0.29) is 18.4 Å². The van der Waals surface area contributed by atoms with Gasteiger partial charge in [0, 0.05) is 18.3 Å². The number of benzene rings is 2. The number of carbonyl (C=O) groups excluding carboxylic acids is 2. The molecule has 0 heterocycles. The minimum Gasteiger partial charge on any atom is -0.332 e. The summed E-state index contributed by atoms with van der Waals surface area (Å²) in [6.07, 6.45) is 0. The number of nitrogens with one attached hydrogen (secondary N) is 1. The summed E-state index contributed by atoms with van der Waals surface area (Å²) in [5, 5.41) is 2.83. The van der Waals surface area contributed by atoms with Crippen molar-refractivity contribution in [3.8, 4) is 0 Å². The molecule has 2 rings (SSSR count). The van der Waals surface area contributed by atoms with E-state index in [1.54, 1.807) is 31.3 Å². The molecule has 4 heteroatoms. The minimum atomic E-state index is -0.211. The molecule has 0 unspecified atom stereocenters. The molecule has 2 amide bonds. The molecule has 0 saturated heterocycles. The van der Waals surface area contributed by atoms with Crippen LogP contribution in [0.5, 0.6) is 0 Å². The molecule has 0 bridgehead atoms. The Morgan fingerprint density at radius 2 is 1.59 bits per heavy atom. The summed E-state index contributed by atoms with van der Waals surface area (Å²) in [5.74, 6) is -0.382. The first-order valence-electron chi connectivity index (χ1n) is 7.14. The highest BCUT2D eigenvalue weighted by atomic mass is 16.2. The van der Waals surface area contributed by atoms with Crippen molar-refractivity contribution in [1.82, 2.24) is 4.90 Å². The monoisotopic (exact) mass is 296 g/mol. The number of carbonyl (C=O) groups is 2. The Hall–Kier alpha value is -2.62. The number of likely N-dealkylation sites (N-methyl/N-ethyl adjacent to an activating group) is 1. The van der Waals surface area contributed by atoms with Crippen LogP contribution >= 0.6 is 0 Å². The van der Waals surface area contributed by atoms with Crippen LogP contribution in [0.2, 0.25) is 0 Å². The molecule has 114 valence electrons. The summed E-state index contributed by atoms with van der Waals surface area (Å²) in [6.45, 7) is 3.97. The second-order valence-electron chi connectivity index (χ2n) is 5.45. The largest absolute Gasteiger partial charge is 0.332 e. The molecule has 22 heavy (non-hydrogen) atoms. The van der Waals surface area contributed by atoms with Crippen LogP contribution in [-0.2, 0) is 4.79 Å². The molecule has 0 aliphatic carbocycles. The normalized spacial score (nSPS) is 10.1. The van der Waals surface area contributed by atoms with Crippen LogP contribution in [0.4, 0.5) is 5.69 Å². The lowest BCUT2D eigenvalue weighted by atomic mass is 10.1. The first-order valence-corrected chi connectivity index (χ1v) is 7.14. The number of anilines is 1. The van der Waals surface area contributed by atoms with Crippen LogP contribution in [-0.4, -0.2) is 30.3 Å². The predicted octanol–water partition coefficient (Wildman–Crippen LogP) is 3.01. The van der Waals surface area contributed by atoms with Crippen LogP contribution in [0, 0.1) is 13.8 Å². The second kappa shape index (κ2) is 6.89. The van der Waals surface area contributed by atoms with E-state index >= 15 is 0 Å². The lowest BCUT2D eigenvalue weighted by Crippen LogP contribution is -2.34. The van der Waals surface area contributed by atoms with Crippen molar-refractivity contribution in [3.63, 3.8) is 0 Å². The van der Waals surface area contributed by atoms with E-state index in [2.05, 4.69) is 5.32 Å². The molecule has 0 aliphatic heterocycles. The number of hydrogen-bond acceptors (Lipinski definition) is 2. The molecule has 0 radical (unpaired) electrons. The van der Waals surface area contributed by atoms with Gasteiger partial charge in [-0.3, -0.25) is 9.59 Å². The highest BCUT2D eigenvalue weighted by Gasteiger charge is 2.14. The third-order valence-corrected chi connectivity index (χ3v) is 3.25. The van der Waals surface area contributed by atoms with Gasteiger partial charge in [0.1, 0.15) is 0 Å². The summed E-state index contributed by atoms with van der Waals surface area (Å²) in [7, 11) is 1.62. The van der Waals surface area contributed by atoms with Gasteiger partial charge in [0.2, 0.25) is 5.91 Å². The molecule has 0 aromatic heterocycles. The lowest BCUT2D eigenvalue weighted by Gasteiger charge is -2.17. The van der Waals surface area contributed by atoms with Gasteiger partial charge in [0.25, 0.3) is 5.91 Å². The fourth-order valence-corrected chi connectivity index (χ4v) is 2.34. The van der Waals surface area contributed by atoms with Crippen molar-refractivity contribution in [3.05, 3.63) is 65.2 Å². The summed E-state index contributed by atoms with van der Waals surface area (Å²) < 4.78 is 0. The molecule has 0 aliphatic rings. The zero-order valence-corrected chi connectivity index (χ0v) is 13.1. The molecule has 0 atom stereocenters. The quantitative estimate of drug-likeness (QED) is 0.943. The molecular formula is C18H20N2O2. The average molecular weight is 296 g/mol. The van der Waals surface area contributed by atoms with Gasteiger partial charge in [-0.25, -0.2) is 0 Å². The van der Waals surface area contributed by atoms with Crippen molar-refractivity contribution in [2.75, 3.05) is 18.9 Å². The van der Waals surface area contributed by atoms with Gasteiger partial charge in [-0.1, -0.05) is 24.3 Å². The number of aryl methyl sites for hydroxylation is 2. The van der Waals surface area contributed by atoms with E-state index in [1.807, 2.05) is 38.1 Å². The molecule has 1 N–H and O–H groups in total. The molecule has 4 nitrogen and oxygen atoms in total. The Kier molecular flexibility index (Phi) is 4.94. The average Bonchev–Trinajstić information content (AvgIpc) is 2.46. The fourth-order valence-electron chi connectivity index (χ4n) is 2.34. The van der Waals surface area contributed by atoms with E-state index in [4.69, 9.17) is 0 Å². The Labute approximate surface area is 130 Å². The second-order valence-corrected chi connectivity index (χ2v) is 5.45. The van der Waals surface area contributed by atoms with Crippen LogP contribution in [0.1, 0.15) is 21.5 Å². The van der Waals surface area contributed by atoms with E-state index < -0.39 is 0 Å². The van der Waals surface area contributed by atoms with Crippen molar-refractivity contribution in [2.24, 2.45) is 0 Å². The first-order chi connectivity index (χ1) is 10.5. The summed E-state index contributed by atoms with van der Waals surface area (Å²) in [5.41, 5.74) is 3.50. The molecule has 0 spiro atoms. The van der Waals surface area contributed by atoms with Crippen molar-refractivity contribution < 1.29 is 9.59 Å². The molecule has 2 aromatic rings. The number of nitrogens with zero attached hydrogens (tertiary/aromatic N) is 1. The molecular weight excluding hydrogens is 276 g/mol. The fraction of sp³-hybridized carbons (Fsp3) is 0.222. The van der Waals surface area contributed by atoms with E-state index in [9.17, 15) is 9.59 Å². The highest BCUT2D eigenvalue weighted by Crippen LogP contribution is 2.13. The summed E-state index contributed by atoms with van der Waals surface area (Å²) >= 11 is 0. The van der Waals surface area contributed by atoms with E-state index in [0.717, 1.165) is 16.8 Å². The Morgan fingerprint density at radius 3 is 2.18 bits per heavy atom. The third-order valence-electron chi connectivity index (χ3n) is 3.25. The number of rotatable bonds is 4. The highest BCUT2D eigenvalue weighted by molar-refractivity contribution is 5.99. The van der Waals surface area contributed by atoms with Gasteiger partial charge in [0.15, 0.2) is 0 Å². The van der Waals surface area contributed by atoms with Gasteiger partial charge in [-0.15, -0.1) is 0 Å². The Bertz CT molecular complexity index is 660. The van der Waals surface area contributed by atoms with Crippen LogP contribution in [0.3, 0.4) is 0 Å². The van der Waals surface area contributed by atoms with Crippen molar-refractivity contribution >= 4 is 17.5 Å². The van der Waals surface area contributed by atoms with Crippen molar-refractivity contribution in [2.45, 2.75) is 13.8 Å². The van der Waals surface area contributed by atoms with Gasteiger partial charge < -0.3 is 10.2 Å². The van der Waals surface area contributed by atoms with Gasteiger partial charge >= 0.3 is 0 Å². The van der Waals surface area contributed by atoms with Crippen LogP contribution in [0.15, 0.2) is 48.5 Å². The summed E-state index contributed by atoms with van der Waals surface area (Å²) in [4.78, 5) is 25.7. The van der Waals surface area contributed by atoms with Crippen LogP contribution < -0.4 is 5.32 Å². The maximum atomic E-state index is 12.2. The summed E-state index contributed by atoms with van der Waals surface area (Å²) in [6, 6.07) is 14.8. The topological polar surface area (TPSA) is 49.4 Å². The standard InChI is InChI=1S/C18H20N2O2/c1-13-9-14(2)11-16(10-13)19-17(21)12-20(3)18(22)15-7-5-4-6-8-15/h4-11H,12H2,1-3H3,(H,19,21). The zero-order valence-electron chi connectivity index (χ0n) is 13.1. The first kappa shape index (κ1) is 15.8. The third kappa shape index (κ3) is 4.19. The van der Waals surface area contributed by atoms with Crippen LogP contribution in [0.25, 0.3) is 0 Å². The predicted molar refractivity (Wildman–Crippen MR) is 87.9 cm³/mol. The Morgan fingerprint density at radius 1 is 1.00 bits per heavy atom. The van der Waals surface area contributed by atoms with Crippen molar-refractivity contribution in [1.29, 1.82) is 0 Å². The smallest absolute Gasteiger partial charge is 0.254 e. The lowest BCUT2D eigenvalue weighted by molar-refractivity contribution is -0.116. The zero-order chi connectivity index (χ0) is 16.1. The SMILES string of the molecule is Cc1cc(C)cc(NC(=O)CN(C)C(=O)c2ccccc2)c1. The minimum absolute atomic E-state index is 0.0146. The van der Waals surface area contributed by atoms with Gasteiger partial charge in [0.05, 0.1) is 6.54 Å². The Balaban J connectivity index is 1.98. The van der Waals surface area contributed by atoms with E-state index in [1.165, 1.54) is 4.90 Å². The molecule has 2 aromatic carbocycles. The van der Waals surface area contributed by atoms with Gasteiger partial charge in [-0.2, -0.15) is 0 Å². The molecule has 0 saturated carbocycles. The maximum Gasteiger partial charge on any atom is 0.254 e. The van der Waals surface area contributed by atoms with E-state index in [0.29, 0.717) is 5.56 Å². The molecule has 0 fully saturated rings. The number of amides is 2. The number of hydrogen-bond donors (Lipinski definition) is 1. The van der Waals surface area contributed by atoms with Gasteiger partial charge in [-0.05, 0) is 49.2 Å². The maximum absolute atomic E-state index is 12.2.